The van der Waals surface area contributed by atoms with E-state index in [1.807, 2.05) is 7.11 Å². The van der Waals surface area contributed by atoms with Crippen LogP contribution in [0, 0.1) is 11.3 Å². The Morgan fingerprint density at radius 3 is 2.79 bits per heavy atom. The summed E-state index contributed by atoms with van der Waals surface area (Å²) in [6.07, 6.45) is 5.41. The van der Waals surface area contributed by atoms with Crippen molar-refractivity contribution in [3.63, 3.8) is 0 Å². The van der Waals surface area contributed by atoms with Gasteiger partial charge in [0.15, 0.2) is 0 Å². The van der Waals surface area contributed by atoms with E-state index in [-0.39, 0.29) is 0 Å². The number of ether oxygens (including phenoxy) is 1. The molecule has 112 valence electrons. The van der Waals surface area contributed by atoms with E-state index in [0.29, 0.717) is 11.5 Å². The molecule has 1 aliphatic carbocycles. The quantitative estimate of drug-likeness (QED) is 0.829. The van der Waals surface area contributed by atoms with Gasteiger partial charge in [-0.05, 0) is 43.7 Å². The number of likely N-dealkylation sites (tertiary alicyclic amines) is 1. The smallest absolute Gasteiger partial charge is 0.0503 e. The maximum absolute atomic E-state index is 5.33. The lowest BCUT2D eigenvalue weighted by molar-refractivity contribution is 0.0570. The number of methoxy groups -OCH3 is 1. The molecule has 0 aromatic rings. The summed E-state index contributed by atoms with van der Waals surface area (Å²) in [5.41, 5.74) is 0.429. The molecule has 3 unspecified atom stereocenters. The van der Waals surface area contributed by atoms with Gasteiger partial charge < -0.3 is 10.1 Å². The van der Waals surface area contributed by atoms with Crippen LogP contribution >= 0.6 is 0 Å². The Morgan fingerprint density at radius 1 is 1.32 bits per heavy atom. The van der Waals surface area contributed by atoms with Crippen LogP contribution in [-0.4, -0.2) is 50.3 Å². The fourth-order valence-electron chi connectivity index (χ4n) is 4.17. The molecule has 3 atom stereocenters. The van der Waals surface area contributed by atoms with Crippen LogP contribution in [0.15, 0.2) is 0 Å². The van der Waals surface area contributed by atoms with Crippen molar-refractivity contribution in [2.45, 2.75) is 58.5 Å². The first-order valence-corrected chi connectivity index (χ1v) is 8.05. The highest BCUT2D eigenvalue weighted by Gasteiger charge is 2.42. The molecule has 1 N–H and O–H groups in total. The zero-order valence-corrected chi connectivity index (χ0v) is 13.2. The van der Waals surface area contributed by atoms with E-state index in [1.165, 1.54) is 38.8 Å². The number of nitrogens with zero attached hydrogens (tertiary/aromatic N) is 1. The van der Waals surface area contributed by atoms with Crippen molar-refractivity contribution in [3.8, 4) is 0 Å². The molecule has 0 aromatic carbocycles. The van der Waals surface area contributed by atoms with Crippen molar-refractivity contribution in [1.29, 1.82) is 0 Å². The molecule has 0 spiro atoms. The third kappa shape index (κ3) is 3.50. The lowest BCUT2D eigenvalue weighted by atomic mass is 9.70. The lowest BCUT2D eigenvalue weighted by Gasteiger charge is -2.48. The number of nitrogens with one attached hydrogen (secondary N) is 1. The molecule has 3 nitrogen and oxygen atoms in total. The summed E-state index contributed by atoms with van der Waals surface area (Å²) in [5.74, 6) is 0.748. The molecule has 2 fully saturated rings. The molecular weight excluding hydrogens is 236 g/mol. The van der Waals surface area contributed by atoms with Crippen molar-refractivity contribution in [3.05, 3.63) is 0 Å². The minimum absolute atomic E-state index is 0.429. The topological polar surface area (TPSA) is 24.5 Å². The molecule has 0 amide bonds. The summed E-state index contributed by atoms with van der Waals surface area (Å²) < 4.78 is 5.33. The van der Waals surface area contributed by atoms with Gasteiger partial charge in [-0.2, -0.15) is 0 Å². The van der Waals surface area contributed by atoms with Crippen LogP contribution in [0.2, 0.25) is 0 Å². The normalized spacial score (nSPS) is 35.7. The Kier molecular flexibility index (Phi) is 5.27. The molecule has 1 saturated carbocycles. The van der Waals surface area contributed by atoms with Gasteiger partial charge in [-0.1, -0.05) is 27.2 Å². The first kappa shape index (κ1) is 15.3. The van der Waals surface area contributed by atoms with E-state index < -0.39 is 0 Å². The van der Waals surface area contributed by atoms with E-state index in [1.54, 1.807) is 0 Å². The van der Waals surface area contributed by atoms with E-state index >= 15 is 0 Å². The highest BCUT2D eigenvalue weighted by Crippen LogP contribution is 2.39. The van der Waals surface area contributed by atoms with Crippen molar-refractivity contribution in [2.24, 2.45) is 11.3 Å². The van der Waals surface area contributed by atoms with Gasteiger partial charge in [0.1, 0.15) is 0 Å². The van der Waals surface area contributed by atoms with Crippen LogP contribution in [0.3, 0.4) is 0 Å². The molecule has 19 heavy (non-hydrogen) atoms. The molecule has 2 rings (SSSR count). The highest BCUT2D eigenvalue weighted by atomic mass is 16.5. The van der Waals surface area contributed by atoms with Crippen LogP contribution in [0.5, 0.6) is 0 Å². The molecule has 1 aliphatic heterocycles. The molecule has 0 bridgehead atoms. The Morgan fingerprint density at radius 2 is 2.11 bits per heavy atom. The van der Waals surface area contributed by atoms with E-state index in [0.717, 1.165) is 25.1 Å². The summed E-state index contributed by atoms with van der Waals surface area (Å²) in [7, 11) is 1.83. The SMILES string of the molecule is CCNC1C(N2CCC(COC)C2)CCCC1(C)C. The average Bonchev–Trinajstić information content (AvgIpc) is 2.80. The second-order valence-electron chi connectivity index (χ2n) is 7.09. The molecule has 0 aromatic heterocycles. The summed E-state index contributed by atoms with van der Waals surface area (Å²) in [6, 6.07) is 1.37. The summed E-state index contributed by atoms with van der Waals surface area (Å²) in [6.45, 7) is 11.6. The maximum atomic E-state index is 5.33. The van der Waals surface area contributed by atoms with Crippen molar-refractivity contribution in [2.75, 3.05) is 33.4 Å². The van der Waals surface area contributed by atoms with Crippen LogP contribution in [-0.2, 0) is 4.74 Å². The maximum Gasteiger partial charge on any atom is 0.0503 e. The zero-order valence-electron chi connectivity index (χ0n) is 13.2. The average molecular weight is 268 g/mol. The summed E-state index contributed by atoms with van der Waals surface area (Å²) in [5, 5.41) is 3.78. The van der Waals surface area contributed by atoms with Crippen LogP contribution < -0.4 is 5.32 Å². The first-order chi connectivity index (χ1) is 9.08. The molecule has 1 heterocycles. The fourth-order valence-corrected chi connectivity index (χ4v) is 4.17. The minimum atomic E-state index is 0.429. The van der Waals surface area contributed by atoms with Gasteiger partial charge in [0.2, 0.25) is 0 Å². The van der Waals surface area contributed by atoms with E-state index in [9.17, 15) is 0 Å². The van der Waals surface area contributed by atoms with Gasteiger partial charge in [-0.3, -0.25) is 4.90 Å². The number of hydrogen-bond acceptors (Lipinski definition) is 3. The fraction of sp³-hybridized carbons (Fsp3) is 1.00. The molecule has 3 heteroatoms. The highest BCUT2D eigenvalue weighted by molar-refractivity contribution is 4.99. The molecule has 2 aliphatic rings. The number of likely N-dealkylation sites (N-methyl/N-ethyl adjacent to an activating group) is 1. The Labute approximate surface area is 119 Å². The third-order valence-electron chi connectivity index (χ3n) is 5.16. The van der Waals surface area contributed by atoms with Crippen molar-refractivity contribution < 1.29 is 4.74 Å². The third-order valence-corrected chi connectivity index (χ3v) is 5.16. The van der Waals surface area contributed by atoms with Gasteiger partial charge in [0.05, 0.1) is 6.61 Å². The molecule has 0 radical (unpaired) electrons. The van der Waals surface area contributed by atoms with Crippen LogP contribution in [0.1, 0.15) is 46.5 Å². The van der Waals surface area contributed by atoms with Gasteiger partial charge >= 0.3 is 0 Å². The second-order valence-corrected chi connectivity index (χ2v) is 7.09. The number of hydrogen-bond donors (Lipinski definition) is 1. The van der Waals surface area contributed by atoms with E-state index in [4.69, 9.17) is 4.74 Å². The van der Waals surface area contributed by atoms with Gasteiger partial charge in [-0.25, -0.2) is 0 Å². The summed E-state index contributed by atoms with van der Waals surface area (Å²) >= 11 is 0. The molecule has 1 saturated heterocycles. The minimum Gasteiger partial charge on any atom is -0.384 e. The predicted molar refractivity (Wildman–Crippen MR) is 80.4 cm³/mol. The largest absolute Gasteiger partial charge is 0.384 e. The predicted octanol–water partition coefficient (Wildman–Crippen LogP) is 2.51. The van der Waals surface area contributed by atoms with Crippen molar-refractivity contribution in [1.82, 2.24) is 10.2 Å². The van der Waals surface area contributed by atoms with Gasteiger partial charge in [0, 0.05) is 25.7 Å². The molecular formula is C16H32N2O. The second kappa shape index (κ2) is 6.55. The first-order valence-electron chi connectivity index (χ1n) is 8.05. The van der Waals surface area contributed by atoms with Gasteiger partial charge in [-0.15, -0.1) is 0 Å². The van der Waals surface area contributed by atoms with Gasteiger partial charge in [0.25, 0.3) is 0 Å². The van der Waals surface area contributed by atoms with Crippen molar-refractivity contribution >= 4 is 0 Å². The van der Waals surface area contributed by atoms with Crippen LogP contribution in [0.25, 0.3) is 0 Å². The van der Waals surface area contributed by atoms with E-state index in [2.05, 4.69) is 31.0 Å². The summed E-state index contributed by atoms with van der Waals surface area (Å²) in [4.78, 5) is 2.73. The number of rotatable bonds is 5. The Bertz CT molecular complexity index is 280. The lowest BCUT2D eigenvalue weighted by Crippen LogP contribution is -2.58. The monoisotopic (exact) mass is 268 g/mol. The Balaban J connectivity index is 2.00. The Hall–Kier alpha value is -0.120. The van der Waals surface area contributed by atoms with Crippen LogP contribution in [0.4, 0.5) is 0 Å². The standard InChI is InChI=1S/C16H32N2O/c1-5-17-15-14(7-6-9-16(15,2)3)18-10-8-13(11-18)12-19-4/h13-15,17H,5-12H2,1-4H3. The zero-order chi connectivity index (χ0) is 13.9.